The summed E-state index contributed by atoms with van der Waals surface area (Å²) in [6.07, 6.45) is 0. The van der Waals surface area contributed by atoms with Gasteiger partial charge < -0.3 is 19.8 Å². The second-order valence-corrected chi connectivity index (χ2v) is 6.39. The molecule has 1 unspecified atom stereocenters. The summed E-state index contributed by atoms with van der Waals surface area (Å²) in [4.78, 5) is 14.5. The summed E-state index contributed by atoms with van der Waals surface area (Å²) in [6, 6.07) is 10.6. The molecule has 1 aromatic heterocycles. The first-order chi connectivity index (χ1) is 12.1. The number of rotatable bonds is 5. The molecule has 1 aliphatic rings. The number of carbonyl (C=O) groups is 1. The molecule has 0 bridgehead atoms. The Morgan fingerprint density at radius 2 is 1.92 bits per heavy atom. The maximum atomic E-state index is 12.2. The number of carbonyl (C=O) groups excluding carboxylic acids is 1. The van der Waals surface area contributed by atoms with Crippen molar-refractivity contribution in [3.63, 3.8) is 0 Å². The summed E-state index contributed by atoms with van der Waals surface area (Å²) < 4.78 is 11.2. The minimum atomic E-state index is -0.260. The van der Waals surface area contributed by atoms with E-state index in [2.05, 4.69) is 15.5 Å². The predicted molar refractivity (Wildman–Crippen MR) is 97.1 cm³/mol. The SMILES string of the molecule is Cc1ccc(C(CNC(=O)Nc2ccc(Cl)cc2)N2CCOCC2)o1. The van der Waals surface area contributed by atoms with Crippen LogP contribution in [0, 0.1) is 6.92 Å². The number of ether oxygens (including phenoxy) is 1. The molecular formula is C18H22ClN3O3. The molecule has 3 rings (SSSR count). The molecule has 2 amide bonds. The molecule has 2 N–H and O–H groups in total. The lowest BCUT2D eigenvalue weighted by atomic mass is 10.1. The van der Waals surface area contributed by atoms with E-state index in [0.717, 1.165) is 24.6 Å². The van der Waals surface area contributed by atoms with Crippen molar-refractivity contribution in [2.75, 3.05) is 38.2 Å². The number of urea groups is 1. The van der Waals surface area contributed by atoms with E-state index in [-0.39, 0.29) is 12.1 Å². The Balaban J connectivity index is 1.61. The van der Waals surface area contributed by atoms with E-state index in [9.17, 15) is 4.79 Å². The smallest absolute Gasteiger partial charge is 0.319 e. The van der Waals surface area contributed by atoms with Crippen molar-refractivity contribution in [1.29, 1.82) is 0 Å². The number of nitrogens with one attached hydrogen (secondary N) is 2. The number of hydrogen-bond acceptors (Lipinski definition) is 4. The average Bonchev–Trinajstić information content (AvgIpc) is 3.04. The number of anilines is 1. The number of halogens is 1. The largest absolute Gasteiger partial charge is 0.465 e. The molecular weight excluding hydrogens is 342 g/mol. The van der Waals surface area contributed by atoms with E-state index >= 15 is 0 Å². The number of benzene rings is 1. The highest BCUT2D eigenvalue weighted by molar-refractivity contribution is 6.30. The highest BCUT2D eigenvalue weighted by Crippen LogP contribution is 2.23. The molecule has 1 atom stereocenters. The van der Waals surface area contributed by atoms with Crippen molar-refractivity contribution in [3.05, 3.63) is 52.9 Å². The van der Waals surface area contributed by atoms with Crippen molar-refractivity contribution < 1.29 is 13.9 Å². The van der Waals surface area contributed by atoms with Gasteiger partial charge in [0.2, 0.25) is 0 Å². The zero-order valence-corrected chi connectivity index (χ0v) is 14.9. The number of aryl methyl sites for hydroxylation is 1. The fourth-order valence-corrected chi connectivity index (χ4v) is 2.96. The van der Waals surface area contributed by atoms with Gasteiger partial charge in [0.15, 0.2) is 0 Å². The molecule has 25 heavy (non-hydrogen) atoms. The van der Waals surface area contributed by atoms with Gasteiger partial charge in [-0.1, -0.05) is 11.6 Å². The summed E-state index contributed by atoms with van der Waals surface area (Å²) in [5.41, 5.74) is 0.693. The van der Waals surface area contributed by atoms with Gasteiger partial charge in [-0.25, -0.2) is 4.79 Å². The number of morpholine rings is 1. The van der Waals surface area contributed by atoms with Gasteiger partial charge in [0.1, 0.15) is 11.5 Å². The van der Waals surface area contributed by atoms with Crippen LogP contribution in [0.5, 0.6) is 0 Å². The van der Waals surface area contributed by atoms with Crippen LogP contribution in [0.3, 0.4) is 0 Å². The highest BCUT2D eigenvalue weighted by Gasteiger charge is 2.25. The van der Waals surface area contributed by atoms with Gasteiger partial charge in [-0.05, 0) is 43.3 Å². The van der Waals surface area contributed by atoms with Crippen LogP contribution in [0.1, 0.15) is 17.6 Å². The predicted octanol–water partition coefficient (Wildman–Crippen LogP) is 3.44. The van der Waals surface area contributed by atoms with Gasteiger partial charge in [0, 0.05) is 30.3 Å². The van der Waals surface area contributed by atoms with Crippen molar-refractivity contribution in [1.82, 2.24) is 10.2 Å². The molecule has 1 saturated heterocycles. The zero-order valence-electron chi connectivity index (χ0n) is 14.1. The monoisotopic (exact) mass is 363 g/mol. The summed E-state index contributed by atoms with van der Waals surface area (Å²) in [7, 11) is 0. The van der Waals surface area contributed by atoms with E-state index in [0.29, 0.717) is 30.5 Å². The standard InChI is InChI=1S/C18H22ClN3O3/c1-13-2-7-17(25-13)16(22-8-10-24-11-9-22)12-20-18(23)21-15-5-3-14(19)4-6-15/h2-7,16H,8-12H2,1H3,(H2,20,21,23). The topological polar surface area (TPSA) is 66.7 Å². The molecule has 0 spiro atoms. The van der Waals surface area contributed by atoms with Crippen molar-refractivity contribution in [2.24, 2.45) is 0 Å². The van der Waals surface area contributed by atoms with Crippen LogP contribution in [-0.4, -0.2) is 43.8 Å². The Morgan fingerprint density at radius 1 is 1.20 bits per heavy atom. The molecule has 134 valence electrons. The molecule has 0 aliphatic carbocycles. The Hall–Kier alpha value is -2.02. The molecule has 1 aliphatic heterocycles. The van der Waals surface area contributed by atoms with Gasteiger partial charge in [0.05, 0.1) is 19.3 Å². The third kappa shape index (κ3) is 4.98. The van der Waals surface area contributed by atoms with Crippen molar-refractivity contribution >= 4 is 23.3 Å². The second kappa shape index (κ2) is 8.38. The van der Waals surface area contributed by atoms with E-state index in [1.54, 1.807) is 24.3 Å². The highest BCUT2D eigenvalue weighted by atomic mass is 35.5. The van der Waals surface area contributed by atoms with Crippen LogP contribution < -0.4 is 10.6 Å². The minimum Gasteiger partial charge on any atom is -0.465 e. The first kappa shape index (κ1) is 17.8. The van der Waals surface area contributed by atoms with Crippen LogP contribution in [0.2, 0.25) is 5.02 Å². The lowest BCUT2D eigenvalue weighted by Gasteiger charge is -2.33. The van der Waals surface area contributed by atoms with Gasteiger partial charge in [0.25, 0.3) is 0 Å². The zero-order chi connectivity index (χ0) is 17.6. The minimum absolute atomic E-state index is 0.0198. The van der Waals surface area contributed by atoms with Gasteiger partial charge in [-0.3, -0.25) is 4.90 Å². The van der Waals surface area contributed by atoms with Crippen LogP contribution >= 0.6 is 11.6 Å². The van der Waals surface area contributed by atoms with Crippen molar-refractivity contribution in [2.45, 2.75) is 13.0 Å². The lowest BCUT2D eigenvalue weighted by Crippen LogP contribution is -2.44. The quantitative estimate of drug-likeness (QED) is 0.854. The number of hydrogen-bond donors (Lipinski definition) is 2. The number of furan rings is 1. The maximum absolute atomic E-state index is 12.2. The first-order valence-corrected chi connectivity index (χ1v) is 8.68. The normalized spacial score (nSPS) is 16.4. The third-order valence-electron chi connectivity index (χ3n) is 4.13. The van der Waals surface area contributed by atoms with Gasteiger partial charge in [-0.2, -0.15) is 0 Å². The second-order valence-electron chi connectivity index (χ2n) is 5.95. The Morgan fingerprint density at radius 3 is 2.56 bits per heavy atom. The summed E-state index contributed by atoms with van der Waals surface area (Å²) >= 11 is 5.85. The third-order valence-corrected chi connectivity index (χ3v) is 4.39. The van der Waals surface area contributed by atoms with Gasteiger partial charge in [-0.15, -0.1) is 0 Å². The Labute approximate surface area is 152 Å². The molecule has 1 aromatic carbocycles. The summed E-state index contributed by atoms with van der Waals surface area (Å²) in [6.45, 7) is 5.36. The first-order valence-electron chi connectivity index (χ1n) is 8.30. The van der Waals surface area contributed by atoms with Crippen LogP contribution in [0.25, 0.3) is 0 Å². The summed E-state index contributed by atoms with van der Waals surface area (Å²) in [5.74, 6) is 1.71. The van der Waals surface area contributed by atoms with E-state index < -0.39 is 0 Å². The van der Waals surface area contributed by atoms with E-state index in [1.807, 2.05) is 19.1 Å². The fourth-order valence-electron chi connectivity index (χ4n) is 2.83. The molecule has 6 nitrogen and oxygen atoms in total. The van der Waals surface area contributed by atoms with E-state index in [4.69, 9.17) is 20.8 Å². The fraction of sp³-hybridized carbons (Fsp3) is 0.389. The van der Waals surface area contributed by atoms with Crippen LogP contribution in [0.4, 0.5) is 10.5 Å². The Kier molecular flexibility index (Phi) is 5.96. The molecule has 2 heterocycles. The number of amides is 2. The lowest BCUT2D eigenvalue weighted by molar-refractivity contribution is 0.0122. The number of nitrogens with zero attached hydrogens (tertiary/aromatic N) is 1. The average molecular weight is 364 g/mol. The molecule has 0 radical (unpaired) electrons. The van der Waals surface area contributed by atoms with E-state index in [1.165, 1.54) is 0 Å². The summed E-state index contributed by atoms with van der Waals surface area (Å²) in [5, 5.41) is 6.36. The van der Waals surface area contributed by atoms with Crippen LogP contribution in [0.15, 0.2) is 40.8 Å². The molecule has 1 fully saturated rings. The van der Waals surface area contributed by atoms with Crippen molar-refractivity contribution in [3.8, 4) is 0 Å². The maximum Gasteiger partial charge on any atom is 0.319 e. The molecule has 7 heteroatoms. The van der Waals surface area contributed by atoms with Crippen LogP contribution in [-0.2, 0) is 4.74 Å². The Bertz CT molecular complexity index is 696. The van der Waals surface area contributed by atoms with Gasteiger partial charge >= 0.3 is 6.03 Å². The molecule has 2 aromatic rings. The molecule has 0 saturated carbocycles.